The van der Waals surface area contributed by atoms with Gasteiger partial charge in [-0.1, -0.05) is 48.5 Å². The van der Waals surface area contributed by atoms with Crippen LogP contribution in [0.2, 0.25) is 0 Å². The quantitative estimate of drug-likeness (QED) is 0.557. The second-order valence-corrected chi connectivity index (χ2v) is 8.70. The molecule has 0 saturated heterocycles. The van der Waals surface area contributed by atoms with Crippen molar-refractivity contribution in [2.45, 2.75) is 11.3 Å². The molecule has 3 aromatic rings. The first-order valence-electron chi connectivity index (χ1n) is 9.28. The van der Waals surface area contributed by atoms with Gasteiger partial charge in [-0.25, -0.2) is 12.7 Å². The summed E-state index contributed by atoms with van der Waals surface area (Å²) in [4.78, 5) is 0.284. The molecule has 0 aliphatic rings. The van der Waals surface area contributed by atoms with E-state index in [4.69, 9.17) is 9.47 Å². The second-order valence-electron chi connectivity index (χ2n) is 6.66. The highest BCUT2D eigenvalue weighted by molar-refractivity contribution is 7.89. The molecule has 6 heteroatoms. The molecule has 0 fully saturated rings. The summed E-state index contributed by atoms with van der Waals surface area (Å²) in [6.45, 7) is 0.359. The van der Waals surface area contributed by atoms with Gasteiger partial charge in [-0.15, -0.1) is 0 Å². The number of hydrogen-bond donors (Lipinski definition) is 0. The van der Waals surface area contributed by atoms with E-state index in [0.717, 1.165) is 16.7 Å². The summed E-state index contributed by atoms with van der Waals surface area (Å²) in [5.74, 6) is 1.28. The number of hydrogen-bond acceptors (Lipinski definition) is 4. The monoisotopic (exact) mass is 411 g/mol. The van der Waals surface area contributed by atoms with Gasteiger partial charge in [-0.3, -0.25) is 0 Å². The van der Waals surface area contributed by atoms with Crippen LogP contribution in [0.4, 0.5) is 0 Å². The summed E-state index contributed by atoms with van der Waals surface area (Å²) in [6.07, 6.45) is 0.568. The zero-order valence-corrected chi connectivity index (χ0v) is 17.6. The van der Waals surface area contributed by atoms with Crippen LogP contribution in [0.15, 0.2) is 77.7 Å². The number of nitrogens with zero attached hydrogens (tertiary/aromatic N) is 1. The first-order chi connectivity index (χ1) is 14.0. The zero-order valence-electron chi connectivity index (χ0n) is 16.8. The van der Waals surface area contributed by atoms with Crippen molar-refractivity contribution < 1.29 is 17.9 Å². The van der Waals surface area contributed by atoms with E-state index in [-0.39, 0.29) is 4.90 Å². The molecule has 3 rings (SSSR count). The minimum absolute atomic E-state index is 0.284. The van der Waals surface area contributed by atoms with Crippen molar-refractivity contribution in [3.8, 4) is 22.6 Å². The Balaban J connectivity index is 1.71. The molecule has 0 N–H and O–H groups in total. The molecule has 0 aromatic heterocycles. The first-order valence-corrected chi connectivity index (χ1v) is 10.7. The van der Waals surface area contributed by atoms with Gasteiger partial charge >= 0.3 is 0 Å². The third-order valence-corrected chi connectivity index (χ3v) is 6.70. The molecule has 0 aliphatic heterocycles. The highest BCUT2D eigenvalue weighted by Gasteiger charge is 2.20. The maximum Gasteiger partial charge on any atom is 0.242 e. The molecule has 0 atom stereocenters. The normalized spacial score (nSPS) is 11.4. The number of methoxy groups -OCH3 is 2. The zero-order chi connectivity index (χ0) is 20.9. The van der Waals surface area contributed by atoms with Crippen molar-refractivity contribution >= 4 is 10.0 Å². The van der Waals surface area contributed by atoms with Gasteiger partial charge in [-0.2, -0.15) is 0 Å². The van der Waals surface area contributed by atoms with E-state index in [2.05, 4.69) is 0 Å². The predicted octanol–water partition coefficient (Wildman–Crippen LogP) is 4.23. The molecule has 0 bridgehead atoms. The SMILES string of the molecule is COc1ccc(CCN(C)S(=O)(=O)c2ccc(-c3ccccc3)cc2)cc1OC. The average molecular weight is 412 g/mol. The third-order valence-electron chi connectivity index (χ3n) is 4.83. The second kappa shape index (κ2) is 9.11. The summed E-state index contributed by atoms with van der Waals surface area (Å²) in [5, 5.41) is 0. The lowest BCUT2D eigenvalue weighted by atomic mass is 10.1. The van der Waals surface area contributed by atoms with Crippen LogP contribution in [0.25, 0.3) is 11.1 Å². The lowest BCUT2D eigenvalue weighted by Crippen LogP contribution is -2.29. The molecular weight excluding hydrogens is 386 g/mol. The van der Waals surface area contributed by atoms with Gasteiger partial charge in [-0.05, 0) is 47.4 Å². The van der Waals surface area contributed by atoms with Gasteiger partial charge in [0.15, 0.2) is 11.5 Å². The Bertz CT molecular complexity index is 1050. The minimum Gasteiger partial charge on any atom is -0.493 e. The fourth-order valence-corrected chi connectivity index (χ4v) is 4.24. The van der Waals surface area contributed by atoms with Crippen molar-refractivity contribution in [3.05, 3.63) is 78.4 Å². The number of benzene rings is 3. The molecule has 29 heavy (non-hydrogen) atoms. The Kier molecular flexibility index (Phi) is 6.56. The lowest BCUT2D eigenvalue weighted by Gasteiger charge is -2.18. The average Bonchev–Trinajstić information content (AvgIpc) is 2.77. The van der Waals surface area contributed by atoms with Crippen molar-refractivity contribution in [2.24, 2.45) is 0 Å². The molecule has 0 unspecified atom stereocenters. The van der Waals surface area contributed by atoms with Gasteiger partial charge in [0.2, 0.25) is 10.0 Å². The Morgan fingerprint density at radius 1 is 0.793 bits per heavy atom. The topological polar surface area (TPSA) is 55.8 Å². The fourth-order valence-electron chi connectivity index (χ4n) is 3.07. The lowest BCUT2D eigenvalue weighted by molar-refractivity contribution is 0.354. The molecule has 0 aliphatic carbocycles. The van der Waals surface area contributed by atoms with E-state index in [0.29, 0.717) is 24.5 Å². The van der Waals surface area contributed by atoms with Crippen molar-refractivity contribution in [1.82, 2.24) is 4.31 Å². The van der Waals surface area contributed by atoms with Gasteiger partial charge in [0.05, 0.1) is 19.1 Å². The van der Waals surface area contributed by atoms with Crippen LogP contribution >= 0.6 is 0 Å². The third kappa shape index (κ3) is 4.78. The standard InChI is InChI=1S/C23H25NO4S/c1-24(16-15-18-9-14-22(27-2)23(17-18)28-3)29(25,26)21-12-10-20(11-13-21)19-7-5-4-6-8-19/h4-14,17H,15-16H2,1-3H3. The van der Waals surface area contributed by atoms with Gasteiger partial charge in [0, 0.05) is 13.6 Å². The molecule has 5 nitrogen and oxygen atoms in total. The van der Waals surface area contributed by atoms with Crippen LogP contribution in [0.3, 0.4) is 0 Å². The van der Waals surface area contributed by atoms with Crippen molar-refractivity contribution in [3.63, 3.8) is 0 Å². The van der Waals surface area contributed by atoms with Crippen LogP contribution in [0.1, 0.15) is 5.56 Å². The van der Waals surface area contributed by atoms with Gasteiger partial charge in [0.1, 0.15) is 0 Å². The maximum atomic E-state index is 12.9. The van der Waals surface area contributed by atoms with Crippen LogP contribution in [0, 0.1) is 0 Å². The van der Waals surface area contributed by atoms with Gasteiger partial charge in [0.25, 0.3) is 0 Å². The number of sulfonamides is 1. The van der Waals surface area contributed by atoms with E-state index >= 15 is 0 Å². The van der Waals surface area contributed by atoms with E-state index in [9.17, 15) is 8.42 Å². The van der Waals surface area contributed by atoms with Gasteiger partial charge < -0.3 is 9.47 Å². The van der Waals surface area contributed by atoms with Crippen LogP contribution in [-0.4, -0.2) is 40.5 Å². The molecule has 0 saturated carbocycles. The Labute approximate surface area is 172 Å². The highest BCUT2D eigenvalue weighted by atomic mass is 32.2. The summed E-state index contributed by atoms with van der Waals surface area (Å²) in [6, 6.07) is 22.5. The fraction of sp³-hybridized carbons (Fsp3) is 0.217. The van der Waals surface area contributed by atoms with Crippen molar-refractivity contribution in [1.29, 1.82) is 0 Å². The molecule has 152 valence electrons. The summed E-state index contributed by atoms with van der Waals surface area (Å²) >= 11 is 0. The molecule has 0 amide bonds. The molecule has 0 heterocycles. The number of likely N-dealkylation sites (N-methyl/N-ethyl adjacent to an activating group) is 1. The Hall–Kier alpha value is -2.83. The van der Waals surface area contributed by atoms with E-state index in [1.54, 1.807) is 33.4 Å². The molecule has 0 spiro atoms. The summed E-state index contributed by atoms with van der Waals surface area (Å²) < 4.78 is 37.7. The summed E-state index contributed by atoms with van der Waals surface area (Å²) in [5.41, 5.74) is 3.01. The predicted molar refractivity (Wildman–Crippen MR) is 115 cm³/mol. The largest absolute Gasteiger partial charge is 0.493 e. The Morgan fingerprint density at radius 3 is 2.03 bits per heavy atom. The van der Waals surface area contributed by atoms with Crippen LogP contribution in [-0.2, 0) is 16.4 Å². The maximum absolute atomic E-state index is 12.9. The molecule has 3 aromatic carbocycles. The molecule has 0 radical (unpaired) electrons. The number of ether oxygens (including phenoxy) is 2. The number of rotatable bonds is 8. The highest BCUT2D eigenvalue weighted by Crippen LogP contribution is 2.28. The first kappa shape index (κ1) is 20.9. The van der Waals surface area contributed by atoms with E-state index in [1.165, 1.54) is 4.31 Å². The summed E-state index contributed by atoms with van der Waals surface area (Å²) in [7, 11) is 1.20. The van der Waals surface area contributed by atoms with Crippen LogP contribution < -0.4 is 9.47 Å². The smallest absolute Gasteiger partial charge is 0.242 e. The molecular formula is C23H25NO4S. The van der Waals surface area contributed by atoms with E-state index < -0.39 is 10.0 Å². The van der Waals surface area contributed by atoms with E-state index in [1.807, 2.05) is 60.7 Å². The Morgan fingerprint density at radius 2 is 1.41 bits per heavy atom. The van der Waals surface area contributed by atoms with Crippen molar-refractivity contribution in [2.75, 3.05) is 27.8 Å². The minimum atomic E-state index is -3.56. The van der Waals surface area contributed by atoms with Crippen LogP contribution in [0.5, 0.6) is 11.5 Å².